The molecule has 0 aliphatic rings. The van der Waals surface area contributed by atoms with E-state index in [4.69, 9.17) is 11.6 Å². The normalized spacial score (nSPS) is 10.3. The van der Waals surface area contributed by atoms with Crippen molar-refractivity contribution in [2.45, 2.75) is 0 Å². The SMILES string of the molecule is O=C(Nc1ccc(O)c(Cl)c1)c1cccc(Br)c1F. The molecule has 0 saturated heterocycles. The van der Waals surface area contributed by atoms with Gasteiger partial charge in [0.15, 0.2) is 0 Å². The van der Waals surface area contributed by atoms with Crippen molar-refractivity contribution in [1.82, 2.24) is 0 Å². The van der Waals surface area contributed by atoms with Crippen LogP contribution >= 0.6 is 27.5 Å². The van der Waals surface area contributed by atoms with Gasteiger partial charge in [0.25, 0.3) is 5.91 Å². The minimum atomic E-state index is -0.634. The molecule has 0 saturated carbocycles. The number of aromatic hydroxyl groups is 1. The Kier molecular flexibility index (Phi) is 4.07. The molecule has 0 fully saturated rings. The molecule has 19 heavy (non-hydrogen) atoms. The number of benzene rings is 2. The largest absolute Gasteiger partial charge is 0.506 e. The molecule has 2 N–H and O–H groups in total. The molecule has 0 aliphatic heterocycles. The molecule has 0 aromatic heterocycles. The zero-order valence-electron chi connectivity index (χ0n) is 9.45. The number of amides is 1. The first-order valence-corrected chi connectivity index (χ1v) is 6.40. The highest BCUT2D eigenvalue weighted by molar-refractivity contribution is 9.10. The van der Waals surface area contributed by atoms with Crippen molar-refractivity contribution in [2.24, 2.45) is 0 Å². The Morgan fingerprint density at radius 1 is 1.32 bits per heavy atom. The average molecular weight is 345 g/mol. The van der Waals surface area contributed by atoms with Crippen LogP contribution in [0.1, 0.15) is 10.4 Å². The van der Waals surface area contributed by atoms with E-state index in [0.717, 1.165) is 0 Å². The van der Waals surface area contributed by atoms with E-state index in [1.165, 1.54) is 30.3 Å². The van der Waals surface area contributed by atoms with Crippen molar-refractivity contribution >= 4 is 39.1 Å². The molecule has 3 nitrogen and oxygen atoms in total. The second-order valence-electron chi connectivity index (χ2n) is 3.72. The standard InChI is InChI=1S/C13H8BrClFNO2/c14-9-3-1-2-8(12(9)16)13(19)17-7-4-5-11(18)10(15)6-7/h1-6,18H,(H,17,19). The van der Waals surface area contributed by atoms with Gasteiger partial charge >= 0.3 is 0 Å². The van der Waals surface area contributed by atoms with E-state index >= 15 is 0 Å². The highest BCUT2D eigenvalue weighted by Gasteiger charge is 2.14. The minimum Gasteiger partial charge on any atom is -0.506 e. The summed E-state index contributed by atoms with van der Waals surface area (Å²) in [5, 5.41) is 11.9. The summed E-state index contributed by atoms with van der Waals surface area (Å²) < 4.78 is 13.9. The summed E-state index contributed by atoms with van der Waals surface area (Å²) in [5.41, 5.74) is 0.283. The molecular weight excluding hydrogens is 337 g/mol. The number of phenols is 1. The first-order chi connectivity index (χ1) is 8.99. The molecule has 0 spiro atoms. The van der Waals surface area contributed by atoms with Crippen LogP contribution < -0.4 is 5.32 Å². The Hall–Kier alpha value is -1.59. The fourth-order valence-corrected chi connectivity index (χ4v) is 2.01. The van der Waals surface area contributed by atoms with Crippen molar-refractivity contribution < 1.29 is 14.3 Å². The maximum absolute atomic E-state index is 13.7. The Bertz CT molecular complexity index is 649. The molecule has 0 atom stereocenters. The Morgan fingerprint density at radius 2 is 2.05 bits per heavy atom. The third kappa shape index (κ3) is 3.05. The fourth-order valence-electron chi connectivity index (χ4n) is 1.46. The van der Waals surface area contributed by atoms with Gasteiger partial charge in [-0.25, -0.2) is 4.39 Å². The summed E-state index contributed by atoms with van der Waals surface area (Å²) >= 11 is 8.73. The zero-order valence-corrected chi connectivity index (χ0v) is 11.8. The van der Waals surface area contributed by atoms with E-state index < -0.39 is 11.7 Å². The van der Waals surface area contributed by atoms with Gasteiger partial charge in [-0.2, -0.15) is 0 Å². The van der Waals surface area contributed by atoms with Crippen LogP contribution in [0.3, 0.4) is 0 Å². The van der Waals surface area contributed by atoms with Gasteiger partial charge in [-0.3, -0.25) is 4.79 Å². The van der Waals surface area contributed by atoms with Gasteiger partial charge in [0.1, 0.15) is 11.6 Å². The molecule has 0 bridgehead atoms. The van der Waals surface area contributed by atoms with Gasteiger partial charge in [0, 0.05) is 5.69 Å². The summed E-state index contributed by atoms with van der Waals surface area (Å²) in [6, 6.07) is 8.63. The molecule has 2 aromatic rings. The number of hydrogen-bond donors (Lipinski definition) is 2. The molecule has 0 radical (unpaired) electrons. The first-order valence-electron chi connectivity index (χ1n) is 5.23. The van der Waals surface area contributed by atoms with E-state index in [1.807, 2.05) is 0 Å². The van der Waals surface area contributed by atoms with Crippen LogP contribution in [0.4, 0.5) is 10.1 Å². The lowest BCUT2D eigenvalue weighted by atomic mass is 10.2. The van der Waals surface area contributed by atoms with E-state index in [-0.39, 0.29) is 20.8 Å². The number of carbonyl (C=O) groups excluding carboxylic acids is 1. The number of anilines is 1. The zero-order chi connectivity index (χ0) is 14.0. The summed E-state index contributed by atoms with van der Waals surface area (Å²) in [6.07, 6.45) is 0. The summed E-state index contributed by atoms with van der Waals surface area (Å²) in [6.45, 7) is 0. The lowest BCUT2D eigenvalue weighted by Crippen LogP contribution is -2.13. The fraction of sp³-hybridized carbons (Fsp3) is 0. The lowest BCUT2D eigenvalue weighted by Gasteiger charge is -2.07. The van der Waals surface area contributed by atoms with Crippen molar-refractivity contribution in [3.8, 4) is 5.75 Å². The highest BCUT2D eigenvalue weighted by Crippen LogP contribution is 2.26. The molecule has 0 unspecified atom stereocenters. The number of carbonyl (C=O) groups is 1. The third-order valence-corrected chi connectivity index (χ3v) is 3.32. The van der Waals surface area contributed by atoms with Crippen molar-refractivity contribution in [1.29, 1.82) is 0 Å². The molecule has 2 rings (SSSR count). The van der Waals surface area contributed by atoms with Gasteiger partial charge < -0.3 is 10.4 Å². The Labute approximate surface area is 122 Å². The number of hydrogen-bond acceptors (Lipinski definition) is 2. The lowest BCUT2D eigenvalue weighted by molar-refractivity contribution is 0.102. The highest BCUT2D eigenvalue weighted by atomic mass is 79.9. The second kappa shape index (κ2) is 5.59. The second-order valence-corrected chi connectivity index (χ2v) is 4.98. The summed E-state index contributed by atoms with van der Waals surface area (Å²) in [4.78, 5) is 11.9. The average Bonchev–Trinajstić information content (AvgIpc) is 2.37. The van der Waals surface area contributed by atoms with Crippen LogP contribution in [-0.2, 0) is 0 Å². The van der Waals surface area contributed by atoms with E-state index in [9.17, 15) is 14.3 Å². The van der Waals surface area contributed by atoms with Gasteiger partial charge in [0.2, 0.25) is 0 Å². The number of phenolic OH excluding ortho intramolecular Hbond substituents is 1. The van der Waals surface area contributed by atoms with Gasteiger partial charge in [-0.1, -0.05) is 17.7 Å². The van der Waals surface area contributed by atoms with Crippen molar-refractivity contribution in [2.75, 3.05) is 5.32 Å². The molecule has 98 valence electrons. The Morgan fingerprint density at radius 3 is 2.74 bits per heavy atom. The number of rotatable bonds is 2. The molecular formula is C13H8BrClFNO2. The molecule has 1 amide bonds. The van der Waals surface area contributed by atoms with Crippen LogP contribution in [0, 0.1) is 5.82 Å². The van der Waals surface area contributed by atoms with Crippen LogP contribution in [0.15, 0.2) is 40.9 Å². The van der Waals surface area contributed by atoms with E-state index in [0.29, 0.717) is 5.69 Å². The number of nitrogens with one attached hydrogen (secondary N) is 1. The van der Waals surface area contributed by atoms with Gasteiger partial charge in [-0.05, 0) is 46.3 Å². The Balaban J connectivity index is 2.26. The predicted octanol–water partition coefficient (Wildman–Crippen LogP) is 4.20. The predicted molar refractivity (Wildman–Crippen MR) is 75.2 cm³/mol. The molecule has 2 aromatic carbocycles. The summed E-state index contributed by atoms with van der Waals surface area (Å²) in [7, 11) is 0. The quantitative estimate of drug-likeness (QED) is 0.802. The van der Waals surface area contributed by atoms with Crippen LogP contribution in [0.2, 0.25) is 5.02 Å². The third-order valence-electron chi connectivity index (χ3n) is 2.40. The van der Waals surface area contributed by atoms with Gasteiger partial charge in [-0.15, -0.1) is 0 Å². The minimum absolute atomic E-state index is 0.0847. The molecule has 6 heteroatoms. The maximum Gasteiger partial charge on any atom is 0.258 e. The maximum atomic E-state index is 13.7. The topological polar surface area (TPSA) is 49.3 Å². The van der Waals surface area contributed by atoms with Crippen LogP contribution in [0.25, 0.3) is 0 Å². The smallest absolute Gasteiger partial charge is 0.258 e. The van der Waals surface area contributed by atoms with Crippen LogP contribution in [-0.4, -0.2) is 11.0 Å². The first kappa shape index (κ1) is 13.8. The van der Waals surface area contributed by atoms with E-state index in [2.05, 4.69) is 21.2 Å². The van der Waals surface area contributed by atoms with Crippen molar-refractivity contribution in [3.05, 3.63) is 57.3 Å². The summed E-state index contributed by atoms with van der Waals surface area (Å²) in [5.74, 6) is -1.32. The van der Waals surface area contributed by atoms with E-state index in [1.54, 1.807) is 6.07 Å². The number of halogens is 3. The van der Waals surface area contributed by atoms with Crippen LogP contribution in [0.5, 0.6) is 5.75 Å². The molecule has 0 heterocycles. The van der Waals surface area contributed by atoms with Crippen molar-refractivity contribution in [3.63, 3.8) is 0 Å². The van der Waals surface area contributed by atoms with Gasteiger partial charge in [0.05, 0.1) is 15.1 Å². The monoisotopic (exact) mass is 343 g/mol. The molecule has 0 aliphatic carbocycles.